The molecule has 1 fully saturated rings. The zero-order chi connectivity index (χ0) is 17.4. The van der Waals surface area contributed by atoms with Crippen LogP contribution < -0.4 is 0 Å². The van der Waals surface area contributed by atoms with E-state index in [-0.39, 0.29) is 5.91 Å². The van der Waals surface area contributed by atoms with Crippen LogP contribution >= 0.6 is 15.9 Å². The van der Waals surface area contributed by atoms with Crippen LogP contribution in [-0.2, 0) is 6.54 Å². The molecule has 1 saturated heterocycles. The number of likely N-dealkylation sites (tertiary alicyclic amines) is 1. The number of hydrogen-bond donors (Lipinski definition) is 0. The van der Waals surface area contributed by atoms with E-state index in [2.05, 4.69) is 34.9 Å². The maximum absolute atomic E-state index is 12.7. The van der Waals surface area contributed by atoms with E-state index < -0.39 is 0 Å². The van der Waals surface area contributed by atoms with Crippen LogP contribution in [0, 0.1) is 25.7 Å². The van der Waals surface area contributed by atoms with Gasteiger partial charge in [-0.3, -0.25) is 9.48 Å². The van der Waals surface area contributed by atoms with Crippen LogP contribution in [0.25, 0.3) is 0 Å². The number of carbonyl (C=O) groups excluding carboxylic acids is 1. The molecule has 1 amide bonds. The summed E-state index contributed by atoms with van der Waals surface area (Å²) in [5.74, 6) is 2.24. The lowest BCUT2D eigenvalue weighted by Crippen LogP contribution is -2.42. The molecular formula is C18H24BrN3O2. The number of nitrogens with zero attached hydrogens (tertiary/aromatic N) is 3. The van der Waals surface area contributed by atoms with Gasteiger partial charge >= 0.3 is 0 Å². The van der Waals surface area contributed by atoms with E-state index in [1.54, 1.807) is 6.07 Å². The van der Waals surface area contributed by atoms with Gasteiger partial charge in [-0.2, -0.15) is 5.10 Å². The van der Waals surface area contributed by atoms with E-state index in [0.29, 0.717) is 24.1 Å². The highest BCUT2D eigenvalue weighted by Gasteiger charge is 2.27. The highest BCUT2D eigenvalue weighted by molar-refractivity contribution is 9.10. The first kappa shape index (κ1) is 17.3. The Morgan fingerprint density at radius 1 is 1.29 bits per heavy atom. The predicted octanol–water partition coefficient (Wildman–Crippen LogP) is 4.02. The first-order valence-electron chi connectivity index (χ1n) is 8.42. The highest BCUT2D eigenvalue weighted by atomic mass is 79.9. The summed E-state index contributed by atoms with van der Waals surface area (Å²) in [6.45, 7) is 10.5. The number of hydrogen-bond acceptors (Lipinski definition) is 3. The Labute approximate surface area is 151 Å². The summed E-state index contributed by atoms with van der Waals surface area (Å²) < 4.78 is 8.71. The van der Waals surface area contributed by atoms with Crippen molar-refractivity contribution < 1.29 is 9.21 Å². The third-order valence-corrected chi connectivity index (χ3v) is 5.77. The minimum atomic E-state index is -0.00537. The van der Waals surface area contributed by atoms with Gasteiger partial charge in [-0.1, -0.05) is 13.8 Å². The summed E-state index contributed by atoms with van der Waals surface area (Å²) in [5.41, 5.74) is 2.00. The zero-order valence-electron chi connectivity index (χ0n) is 14.7. The van der Waals surface area contributed by atoms with E-state index in [1.165, 1.54) is 6.42 Å². The summed E-state index contributed by atoms with van der Waals surface area (Å²) in [5, 5.41) is 4.48. The topological polar surface area (TPSA) is 51.3 Å². The van der Waals surface area contributed by atoms with Gasteiger partial charge in [0.1, 0.15) is 5.76 Å². The molecule has 1 aliphatic heterocycles. The molecule has 0 aromatic carbocycles. The standard InChI is InChI=1S/C18H24BrN3O2/c1-11-7-12(2)9-21(8-11)18(23)16-6-5-15(24-16)10-22-14(4)17(19)13(3)20-22/h5-6,11-12H,7-10H2,1-4H3/t11-,12-/m0/s1. The third kappa shape index (κ3) is 3.43. The fraction of sp³-hybridized carbons (Fsp3) is 0.556. The molecule has 24 heavy (non-hydrogen) atoms. The van der Waals surface area contributed by atoms with Crippen LogP contribution in [0.5, 0.6) is 0 Å². The quantitative estimate of drug-likeness (QED) is 0.790. The molecule has 1 aliphatic rings. The second-order valence-corrected chi connectivity index (χ2v) is 7.86. The Balaban J connectivity index is 1.73. The molecule has 5 nitrogen and oxygen atoms in total. The highest BCUT2D eigenvalue weighted by Crippen LogP contribution is 2.24. The van der Waals surface area contributed by atoms with Crippen molar-refractivity contribution in [1.29, 1.82) is 0 Å². The molecule has 0 unspecified atom stereocenters. The Kier molecular flexibility index (Phi) is 4.85. The largest absolute Gasteiger partial charge is 0.454 e. The smallest absolute Gasteiger partial charge is 0.289 e. The van der Waals surface area contributed by atoms with Crippen LogP contribution in [0.2, 0.25) is 0 Å². The minimum Gasteiger partial charge on any atom is -0.454 e. The normalized spacial score (nSPS) is 21.3. The monoisotopic (exact) mass is 393 g/mol. The number of piperidine rings is 1. The van der Waals surface area contributed by atoms with Crippen molar-refractivity contribution in [3.05, 3.63) is 39.5 Å². The second-order valence-electron chi connectivity index (χ2n) is 7.06. The maximum atomic E-state index is 12.7. The van der Waals surface area contributed by atoms with Gasteiger partial charge in [0.15, 0.2) is 5.76 Å². The fourth-order valence-electron chi connectivity index (χ4n) is 3.54. The molecule has 0 bridgehead atoms. The Morgan fingerprint density at radius 3 is 2.54 bits per heavy atom. The van der Waals surface area contributed by atoms with Crippen LogP contribution in [0.15, 0.2) is 21.0 Å². The number of rotatable bonds is 3. The number of halogens is 1. The van der Waals surface area contributed by atoms with Gasteiger partial charge in [-0.25, -0.2) is 0 Å². The number of aryl methyl sites for hydroxylation is 1. The summed E-state index contributed by atoms with van der Waals surface area (Å²) in [6.07, 6.45) is 1.18. The van der Waals surface area contributed by atoms with Crippen LogP contribution in [-0.4, -0.2) is 33.7 Å². The summed E-state index contributed by atoms with van der Waals surface area (Å²) in [6, 6.07) is 3.65. The summed E-state index contributed by atoms with van der Waals surface area (Å²) in [7, 11) is 0. The molecule has 3 rings (SSSR count). The van der Waals surface area contributed by atoms with Crippen LogP contribution in [0.4, 0.5) is 0 Å². The lowest BCUT2D eigenvalue weighted by molar-refractivity contribution is 0.0589. The van der Waals surface area contributed by atoms with Crippen LogP contribution in [0.1, 0.15) is 48.0 Å². The van der Waals surface area contributed by atoms with E-state index in [1.807, 2.05) is 29.5 Å². The van der Waals surface area contributed by atoms with E-state index in [4.69, 9.17) is 4.42 Å². The number of furan rings is 1. The molecule has 6 heteroatoms. The van der Waals surface area contributed by atoms with Gasteiger partial charge in [0.05, 0.1) is 22.4 Å². The Hall–Kier alpha value is -1.56. The Bertz CT molecular complexity index is 740. The minimum absolute atomic E-state index is 0.00537. The molecule has 0 saturated carbocycles. The van der Waals surface area contributed by atoms with Gasteiger partial charge in [0.2, 0.25) is 0 Å². The lowest BCUT2D eigenvalue weighted by Gasteiger charge is -2.34. The van der Waals surface area contributed by atoms with Crippen molar-refractivity contribution in [3.8, 4) is 0 Å². The molecule has 0 aliphatic carbocycles. The molecule has 2 aromatic rings. The molecule has 2 aromatic heterocycles. The molecule has 0 spiro atoms. The molecule has 2 atom stereocenters. The van der Waals surface area contributed by atoms with Gasteiger partial charge in [-0.15, -0.1) is 0 Å². The van der Waals surface area contributed by atoms with Gasteiger partial charge in [0.25, 0.3) is 5.91 Å². The van der Waals surface area contributed by atoms with Crippen molar-refractivity contribution in [2.45, 2.75) is 40.7 Å². The Morgan fingerprint density at radius 2 is 1.96 bits per heavy atom. The summed E-state index contributed by atoms with van der Waals surface area (Å²) >= 11 is 3.53. The van der Waals surface area contributed by atoms with Gasteiger partial charge < -0.3 is 9.32 Å². The average molecular weight is 394 g/mol. The number of carbonyl (C=O) groups is 1. The fourth-order valence-corrected chi connectivity index (χ4v) is 3.82. The van der Waals surface area contributed by atoms with Crippen molar-refractivity contribution >= 4 is 21.8 Å². The molecular weight excluding hydrogens is 370 g/mol. The maximum Gasteiger partial charge on any atom is 0.289 e. The van der Waals surface area contributed by atoms with Crippen molar-refractivity contribution in [1.82, 2.24) is 14.7 Å². The van der Waals surface area contributed by atoms with Crippen molar-refractivity contribution in [2.24, 2.45) is 11.8 Å². The first-order valence-corrected chi connectivity index (χ1v) is 9.22. The molecule has 0 radical (unpaired) electrons. The van der Waals surface area contributed by atoms with Crippen molar-refractivity contribution in [3.63, 3.8) is 0 Å². The van der Waals surface area contributed by atoms with E-state index >= 15 is 0 Å². The van der Waals surface area contributed by atoms with E-state index in [9.17, 15) is 4.79 Å². The predicted molar refractivity (Wildman–Crippen MR) is 96.1 cm³/mol. The number of amides is 1. The average Bonchev–Trinajstić information content (AvgIpc) is 3.07. The van der Waals surface area contributed by atoms with Gasteiger partial charge in [-0.05, 0) is 60.2 Å². The second kappa shape index (κ2) is 6.75. The van der Waals surface area contributed by atoms with Gasteiger partial charge in [0, 0.05) is 13.1 Å². The van der Waals surface area contributed by atoms with Crippen LogP contribution in [0.3, 0.4) is 0 Å². The lowest BCUT2D eigenvalue weighted by atomic mass is 9.92. The van der Waals surface area contributed by atoms with Crippen molar-refractivity contribution in [2.75, 3.05) is 13.1 Å². The molecule has 3 heterocycles. The SMILES string of the molecule is Cc1nn(Cc2ccc(C(=O)N3C[C@@H](C)C[C@H](C)C3)o2)c(C)c1Br. The third-order valence-electron chi connectivity index (χ3n) is 4.63. The first-order chi connectivity index (χ1) is 11.3. The number of aromatic nitrogens is 2. The van der Waals surface area contributed by atoms with E-state index in [0.717, 1.165) is 34.7 Å². The molecule has 0 N–H and O–H groups in total. The zero-order valence-corrected chi connectivity index (χ0v) is 16.3. The summed E-state index contributed by atoms with van der Waals surface area (Å²) in [4.78, 5) is 14.6. The molecule has 130 valence electrons.